The van der Waals surface area contributed by atoms with Gasteiger partial charge in [-0.2, -0.15) is 22.5 Å². The molecule has 1 aliphatic rings. The Bertz CT molecular complexity index is 1020. The van der Waals surface area contributed by atoms with Gasteiger partial charge in [-0.3, -0.25) is 9.48 Å². The van der Waals surface area contributed by atoms with Crippen molar-refractivity contribution in [1.82, 2.24) is 18.8 Å². The van der Waals surface area contributed by atoms with Gasteiger partial charge in [-0.1, -0.05) is 0 Å². The van der Waals surface area contributed by atoms with Gasteiger partial charge in [-0.15, -0.1) is 0 Å². The number of aryl methyl sites for hydroxylation is 2. The highest BCUT2D eigenvalue weighted by Crippen LogP contribution is 2.32. The maximum atomic E-state index is 12.9. The Labute approximate surface area is 170 Å². The molecular formula is C18H25N5O5S. The number of benzene rings is 1. The van der Waals surface area contributed by atoms with E-state index in [-0.39, 0.29) is 6.42 Å². The lowest BCUT2D eigenvalue weighted by molar-refractivity contribution is -0.120. The predicted molar refractivity (Wildman–Crippen MR) is 107 cm³/mol. The fourth-order valence-electron chi connectivity index (χ4n) is 3.41. The highest BCUT2D eigenvalue weighted by molar-refractivity contribution is 7.87. The summed E-state index contributed by atoms with van der Waals surface area (Å²) in [4.78, 5) is 12.9. The zero-order valence-electron chi connectivity index (χ0n) is 17.0. The topological polar surface area (TPSA) is 115 Å². The minimum atomic E-state index is -3.84. The minimum absolute atomic E-state index is 0.265. The second kappa shape index (κ2) is 8.01. The normalized spacial score (nSPS) is 21.6. The van der Waals surface area contributed by atoms with Crippen molar-refractivity contribution in [2.75, 3.05) is 26.6 Å². The zero-order chi connectivity index (χ0) is 21.3. The highest BCUT2D eigenvalue weighted by Gasteiger charge is 2.41. The average molecular weight is 423 g/mol. The van der Waals surface area contributed by atoms with Crippen LogP contribution < -0.4 is 19.5 Å². The van der Waals surface area contributed by atoms with E-state index in [0.29, 0.717) is 22.9 Å². The molecule has 0 radical (unpaired) electrons. The molecule has 1 fully saturated rings. The summed E-state index contributed by atoms with van der Waals surface area (Å²) in [6.45, 7) is 1.81. The summed E-state index contributed by atoms with van der Waals surface area (Å²) in [7, 11) is 2.33. The molecule has 1 saturated heterocycles. The van der Waals surface area contributed by atoms with Gasteiger partial charge in [-0.25, -0.2) is 0 Å². The van der Waals surface area contributed by atoms with Gasteiger partial charge >= 0.3 is 0 Å². The third kappa shape index (κ3) is 4.21. The largest absolute Gasteiger partial charge is 0.493 e. The Morgan fingerprint density at radius 2 is 1.93 bits per heavy atom. The molecule has 29 heavy (non-hydrogen) atoms. The van der Waals surface area contributed by atoms with E-state index in [2.05, 4.69) is 15.1 Å². The molecule has 0 aliphatic carbocycles. The van der Waals surface area contributed by atoms with E-state index >= 15 is 0 Å². The third-order valence-corrected chi connectivity index (χ3v) is 6.54. The summed E-state index contributed by atoms with van der Waals surface area (Å²) in [6.07, 6.45) is 2.03. The number of nitrogens with one attached hydrogen (secondary N) is 2. The van der Waals surface area contributed by atoms with Crippen LogP contribution in [-0.4, -0.2) is 55.7 Å². The number of hydrogen-bond donors (Lipinski definition) is 2. The lowest BCUT2D eigenvalue weighted by atomic mass is 10.00. The predicted octanol–water partition coefficient (Wildman–Crippen LogP) is 0.964. The number of nitrogens with zero attached hydrogens (tertiary/aromatic N) is 3. The smallest absolute Gasteiger partial charge is 0.280 e. The Balaban J connectivity index is 1.85. The number of ether oxygens (including phenoxy) is 2. The first-order valence-corrected chi connectivity index (χ1v) is 10.4. The number of methoxy groups -OCH3 is 2. The summed E-state index contributed by atoms with van der Waals surface area (Å²) < 4.78 is 40.9. The van der Waals surface area contributed by atoms with E-state index in [1.54, 1.807) is 43.0 Å². The van der Waals surface area contributed by atoms with Gasteiger partial charge in [-0.05, 0) is 25.5 Å². The molecule has 0 bridgehead atoms. The van der Waals surface area contributed by atoms with Crippen molar-refractivity contribution in [3.8, 4) is 11.5 Å². The molecule has 10 nitrogen and oxygen atoms in total. The van der Waals surface area contributed by atoms with E-state index in [9.17, 15) is 13.2 Å². The number of aromatic nitrogens is 2. The van der Waals surface area contributed by atoms with Crippen molar-refractivity contribution >= 4 is 21.8 Å². The maximum Gasteiger partial charge on any atom is 0.280 e. The van der Waals surface area contributed by atoms with Gasteiger partial charge in [0.15, 0.2) is 11.5 Å². The van der Waals surface area contributed by atoms with E-state index in [4.69, 9.17) is 9.47 Å². The van der Waals surface area contributed by atoms with Gasteiger partial charge in [0.1, 0.15) is 6.04 Å². The molecular weight excluding hydrogens is 398 g/mol. The molecule has 0 spiro atoms. The molecule has 2 heterocycles. The molecule has 11 heteroatoms. The Hall–Kier alpha value is -2.63. The lowest BCUT2D eigenvalue weighted by Crippen LogP contribution is -2.56. The summed E-state index contributed by atoms with van der Waals surface area (Å²) >= 11 is 0. The second-order valence-electron chi connectivity index (χ2n) is 6.85. The number of amides is 1. The van der Waals surface area contributed by atoms with Crippen LogP contribution in [0.15, 0.2) is 24.4 Å². The number of hydrogen-bond acceptors (Lipinski definition) is 6. The molecule has 3 rings (SSSR count). The first-order chi connectivity index (χ1) is 13.7. The van der Waals surface area contributed by atoms with Crippen molar-refractivity contribution in [2.45, 2.75) is 25.4 Å². The standard InChI is InChI=1S/C18H25N5O5S/c1-11-13(10-22(2)20-11)14-9-15(23(3)29(25,26)21-14)18(24)19-12-6-7-16(27-4)17(8-12)28-5/h6-8,10,14-15,21H,9H2,1-5H3,(H,19,24)/t14-,15+/m1/s1. The molecule has 0 saturated carbocycles. The Morgan fingerprint density at radius 3 is 2.52 bits per heavy atom. The molecule has 158 valence electrons. The van der Waals surface area contributed by atoms with Crippen LogP contribution in [0.1, 0.15) is 23.7 Å². The Morgan fingerprint density at radius 1 is 1.24 bits per heavy atom. The van der Waals surface area contributed by atoms with E-state index in [1.165, 1.54) is 21.3 Å². The summed E-state index contributed by atoms with van der Waals surface area (Å²) in [6, 6.07) is 3.51. The first kappa shape index (κ1) is 21.1. The van der Waals surface area contributed by atoms with Crippen LogP contribution in [0.3, 0.4) is 0 Å². The maximum absolute atomic E-state index is 12.9. The average Bonchev–Trinajstić information content (AvgIpc) is 3.01. The number of anilines is 1. The minimum Gasteiger partial charge on any atom is -0.493 e. The van der Waals surface area contributed by atoms with Crippen LogP contribution in [-0.2, 0) is 22.1 Å². The summed E-state index contributed by atoms with van der Waals surface area (Å²) in [5.74, 6) is 0.552. The van der Waals surface area contributed by atoms with Gasteiger partial charge in [0, 0.05) is 37.6 Å². The van der Waals surface area contributed by atoms with Gasteiger partial charge in [0.2, 0.25) is 5.91 Å². The highest BCUT2D eigenvalue weighted by atomic mass is 32.2. The number of carbonyl (C=O) groups is 1. The van der Waals surface area contributed by atoms with Crippen LogP contribution in [0.4, 0.5) is 5.69 Å². The lowest BCUT2D eigenvalue weighted by Gasteiger charge is -2.36. The van der Waals surface area contributed by atoms with Gasteiger partial charge in [0.05, 0.1) is 26.0 Å². The van der Waals surface area contributed by atoms with Crippen LogP contribution >= 0.6 is 0 Å². The number of likely N-dealkylation sites (N-methyl/N-ethyl adjacent to an activating group) is 1. The third-order valence-electron chi connectivity index (χ3n) is 4.95. The van der Waals surface area contributed by atoms with Crippen molar-refractivity contribution in [2.24, 2.45) is 7.05 Å². The number of rotatable bonds is 5. The van der Waals surface area contributed by atoms with Crippen molar-refractivity contribution < 1.29 is 22.7 Å². The van der Waals surface area contributed by atoms with E-state index in [0.717, 1.165) is 9.87 Å². The molecule has 1 aliphatic heterocycles. The molecule has 2 aromatic rings. The summed E-state index contributed by atoms with van der Waals surface area (Å²) in [5.41, 5.74) is 1.93. The van der Waals surface area contributed by atoms with Gasteiger partial charge < -0.3 is 14.8 Å². The molecule has 2 N–H and O–H groups in total. The van der Waals surface area contributed by atoms with Crippen molar-refractivity contribution in [1.29, 1.82) is 0 Å². The van der Waals surface area contributed by atoms with E-state index in [1.807, 2.05) is 0 Å². The van der Waals surface area contributed by atoms with Crippen molar-refractivity contribution in [3.05, 3.63) is 35.7 Å². The monoisotopic (exact) mass is 423 g/mol. The molecule has 2 atom stereocenters. The van der Waals surface area contributed by atoms with E-state index < -0.39 is 28.2 Å². The van der Waals surface area contributed by atoms with Crippen LogP contribution in [0.2, 0.25) is 0 Å². The van der Waals surface area contributed by atoms with Crippen LogP contribution in [0.5, 0.6) is 11.5 Å². The number of carbonyl (C=O) groups excluding carboxylic acids is 1. The fraction of sp³-hybridized carbons (Fsp3) is 0.444. The molecule has 1 aromatic heterocycles. The molecule has 0 unspecified atom stereocenters. The van der Waals surface area contributed by atoms with Crippen LogP contribution in [0.25, 0.3) is 0 Å². The van der Waals surface area contributed by atoms with Crippen molar-refractivity contribution in [3.63, 3.8) is 0 Å². The summed E-state index contributed by atoms with van der Waals surface area (Å²) in [5, 5.41) is 7.04. The van der Waals surface area contributed by atoms with Crippen LogP contribution in [0, 0.1) is 6.92 Å². The zero-order valence-corrected chi connectivity index (χ0v) is 17.8. The molecule has 1 aromatic carbocycles. The molecule has 1 amide bonds. The van der Waals surface area contributed by atoms with Gasteiger partial charge in [0.25, 0.3) is 10.2 Å². The Kier molecular flexibility index (Phi) is 5.82. The SMILES string of the molecule is COc1ccc(NC(=O)[C@@H]2C[C@H](c3cn(C)nc3C)NS(=O)(=O)N2C)cc1OC. The first-order valence-electron chi connectivity index (χ1n) is 8.94. The fourth-order valence-corrected chi connectivity index (χ4v) is 4.68. The quantitative estimate of drug-likeness (QED) is 0.740. The second-order valence-corrected chi connectivity index (χ2v) is 8.61.